The molecule has 0 radical (unpaired) electrons. The third-order valence-corrected chi connectivity index (χ3v) is 9.13. The van der Waals surface area contributed by atoms with Gasteiger partial charge in [-0.3, -0.25) is 9.67 Å². The first-order valence-electron chi connectivity index (χ1n) is 11.5. The van der Waals surface area contributed by atoms with E-state index in [0.29, 0.717) is 29.0 Å². The minimum Gasteiger partial charge on any atom is -0.452 e. The molecule has 1 spiro atoms. The van der Waals surface area contributed by atoms with E-state index in [1.165, 1.54) is 25.7 Å². The smallest absolute Gasteiger partial charge is 0.177 e. The van der Waals surface area contributed by atoms with Crippen molar-refractivity contribution in [2.45, 2.75) is 43.3 Å². The van der Waals surface area contributed by atoms with Gasteiger partial charge in [-0.25, -0.2) is 4.98 Å². The van der Waals surface area contributed by atoms with Gasteiger partial charge in [0.2, 0.25) is 0 Å². The first-order valence-corrected chi connectivity index (χ1v) is 12.4. The number of anilines is 1. The number of hydrogen-bond donors (Lipinski definition) is 2. The Kier molecular flexibility index (Phi) is 3.43. The minimum absolute atomic E-state index is 0.405. The molecule has 5 aromatic heterocycles. The molecule has 2 aliphatic carbocycles. The summed E-state index contributed by atoms with van der Waals surface area (Å²) in [6.07, 6.45) is 14.8. The molecular weight excluding hydrogens is 432 g/mol. The van der Waals surface area contributed by atoms with Crippen LogP contribution in [-0.2, 0) is 0 Å². The summed E-state index contributed by atoms with van der Waals surface area (Å²) in [7, 11) is 0. The topological polar surface area (TPSA) is 105 Å². The monoisotopic (exact) mass is 454 g/mol. The van der Waals surface area contributed by atoms with E-state index in [1.54, 1.807) is 11.3 Å². The van der Waals surface area contributed by atoms with Gasteiger partial charge in [0.05, 0.1) is 16.9 Å². The van der Waals surface area contributed by atoms with E-state index in [9.17, 15) is 0 Å². The lowest BCUT2D eigenvalue weighted by atomic mass is 9.63. The average Bonchev–Trinajstić information content (AvgIpc) is 3.19. The fourth-order valence-corrected chi connectivity index (χ4v) is 7.17. The van der Waals surface area contributed by atoms with Crippen molar-refractivity contribution in [1.82, 2.24) is 25.1 Å². The summed E-state index contributed by atoms with van der Waals surface area (Å²) in [5, 5.41) is 12.7. The summed E-state index contributed by atoms with van der Waals surface area (Å²) in [6, 6.07) is 5.25. The van der Waals surface area contributed by atoms with E-state index < -0.39 is 0 Å². The van der Waals surface area contributed by atoms with Crippen LogP contribution in [0.25, 0.3) is 43.5 Å². The van der Waals surface area contributed by atoms with Crippen LogP contribution in [0.4, 0.5) is 5.82 Å². The van der Waals surface area contributed by atoms with E-state index in [1.807, 2.05) is 30.9 Å². The standard InChI is InChI=1S/C25H22N6OS/c26-24-23-17(7-20(32-23)19-12-33-21-10-27-4-2-16(19)21)18(9-28-24)13-8-29-31(11-13)15-5-14-1-3-25(14)22(6-15)30-25/h2,4,7-12,14-15,22,30H,1,3,5-6H2,(H2,26,28). The van der Waals surface area contributed by atoms with Gasteiger partial charge < -0.3 is 15.5 Å². The van der Waals surface area contributed by atoms with E-state index >= 15 is 0 Å². The van der Waals surface area contributed by atoms with Crippen LogP contribution in [0.1, 0.15) is 31.7 Å². The van der Waals surface area contributed by atoms with Crippen molar-refractivity contribution >= 4 is 38.2 Å². The Morgan fingerprint density at radius 1 is 1.18 bits per heavy atom. The number of hydrogen-bond acceptors (Lipinski definition) is 7. The van der Waals surface area contributed by atoms with Crippen LogP contribution in [-0.4, -0.2) is 31.3 Å². The molecule has 4 unspecified atom stereocenters. The molecule has 6 heterocycles. The second-order valence-electron chi connectivity index (χ2n) is 9.74. The van der Waals surface area contributed by atoms with Gasteiger partial charge in [0.15, 0.2) is 11.4 Å². The number of rotatable bonds is 3. The maximum Gasteiger partial charge on any atom is 0.177 e. The molecule has 5 aromatic rings. The molecular formula is C25H22N6OS. The molecule has 1 saturated heterocycles. The molecule has 7 nitrogen and oxygen atoms in total. The zero-order valence-electron chi connectivity index (χ0n) is 17.9. The van der Waals surface area contributed by atoms with Crippen molar-refractivity contribution < 1.29 is 4.42 Å². The lowest BCUT2D eigenvalue weighted by Gasteiger charge is -2.42. The quantitative estimate of drug-likeness (QED) is 0.372. The Hall–Kier alpha value is -3.23. The highest BCUT2D eigenvalue weighted by atomic mass is 32.1. The molecule has 0 aromatic carbocycles. The summed E-state index contributed by atoms with van der Waals surface area (Å²) < 4.78 is 9.55. The second-order valence-corrected chi connectivity index (χ2v) is 10.7. The first-order chi connectivity index (χ1) is 16.2. The van der Waals surface area contributed by atoms with Gasteiger partial charge in [-0.05, 0) is 43.7 Å². The van der Waals surface area contributed by atoms with Crippen molar-refractivity contribution in [3.8, 4) is 22.5 Å². The van der Waals surface area contributed by atoms with E-state index in [0.717, 1.165) is 43.8 Å². The number of furan rings is 1. The Bertz CT molecular complexity index is 1570. The SMILES string of the molecule is Nc1ncc(-c2cnn(C3CC4CCC45NC5C3)c2)c2cc(-c3csc4cnccc34)oc12. The molecule has 0 amide bonds. The maximum absolute atomic E-state index is 6.25. The van der Waals surface area contributed by atoms with Crippen LogP contribution in [0.5, 0.6) is 0 Å². The number of nitrogens with zero attached hydrogens (tertiary/aromatic N) is 4. The molecule has 33 heavy (non-hydrogen) atoms. The number of aromatic nitrogens is 4. The zero-order chi connectivity index (χ0) is 21.7. The molecule has 3 N–H and O–H groups in total. The lowest BCUT2D eigenvalue weighted by Crippen LogP contribution is -2.44. The number of nitrogens with two attached hydrogens (primary N) is 1. The van der Waals surface area contributed by atoms with Crippen molar-refractivity contribution in [3.63, 3.8) is 0 Å². The first kappa shape index (κ1) is 18.2. The highest BCUT2D eigenvalue weighted by molar-refractivity contribution is 7.17. The fourth-order valence-electron chi connectivity index (χ4n) is 6.26. The molecule has 164 valence electrons. The van der Waals surface area contributed by atoms with E-state index in [4.69, 9.17) is 15.2 Å². The third-order valence-electron chi connectivity index (χ3n) is 8.20. The van der Waals surface area contributed by atoms with Gasteiger partial charge >= 0.3 is 0 Å². The maximum atomic E-state index is 6.25. The summed E-state index contributed by atoms with van der Waals surface area (Å²) >= 11 is 1.66. The normalized spacial score (nSPS) is 27.9. The highest BCUT2D eigenvalue weighted by Crippen LogP contribution is 2.59. The predicted octanol–water partition coefficient (Wildman–Crippen LogP) is 5.01. The van der Waals surface area contributed by atoms with Gasteiger partial charge in [0.1, 0.15) is 5.76 Å². The van der Waals surface area contributed by atoms with Crippen LogP contribution in [0.3, 0.4) is 0 Å². The second kappa shape index (κ2) is 6.21. The summed E-state index contributed by atoms with van der Waals surface area (Å²) in [6.45, 7) is 0. The molecule has 0 bridgehead atoms. The molecule has 8 rings (SSSR count). The predicted molar refractivity (Wildman–Crippen MR) is 129 cm³/mol. The summed E-state index contributed by atoms with van der Waals surface area (Å²) in [5.41, 5.74) is 10.4. The fraction of sp³-hybridized carbons (Fsp3) is 0.320. The molecule has 2 saturated carbocycles. The van der Waals surface area contributed by atoms with Crippen molar-refractivity contribution in [2.24, 2.45) is 5.92 Å². The van der Waals surface area contributed by atoms with Gasteiger partial charge in [-0.15, -0.1) is 11.3 Å². The van der Waals surface area contributed by atoms with Gasteiger partial charge in [0, 0.05) is 69.2 Å². The minimum atomic E-state index is 0.405. The van der Waals surface area contributed by atoms with Crippen LogP contribution in [0.2, 0.25) is 0 Å². The number of nitrogen functional groups attached to an aromatic ring is 1. The van der Waals surface area contributed by atoms with Gasteiger partial charge in [0.25, 0.3) is 0 Å². The van der Waals surface area contributed by atoms with Crippen molar-refractivity contribution in [1.29, 1.82) is 0 Å². The Balaban J connectivity index is 1.19. The largest absolute Gasteiger partial charge is 0.452 e. The van der Waals surface area contributed by atoms with Gasteiger partial charge in [-0.1, -0.05) is 0 Å². The molecule has 4 atom stereocenters. The highest BCUT2D eigenvalue weighted by Gasteiger charge is 2.66. The van der Waals surface area contributed by atoms with Crippen LogP contribution >= 0.6 is 11.3 Å². The zero-order valence-corrected chi connectivity index (χ0v) is 18.7. The number of fused-ring (bicyclic) bond motifs is 2. The summed E-state index contributed by atoms with van der Waals surface area (Å²) in [4.78, 5) is 8.67. The van der Waals surface area contributed by atoms with Crippen LogP contribution in [0.15, 0.2) is 52.9 Å². The summed E-state index contributed by atoms with van der Waals surface area (Å²) in [5.74, 6) is 2.01. The molecule has 3 fully saturated rings. The van der Waals surface area contributed by atoms with Gasteiger partial charge in [-0.2, -0.15) is 5.10 Å². The van der Waals surface area contributed by atoms with Crippen molar-refractivity contribution in [2.75, 3.05) is 5.73 Å². The molecule has 8 heteroatoms. The Labute approximate surface area is 193 Å². The Morgan fingerprint density at radius 3 is 3.03 bits per heavy atom. The number of thiophene rings is 1. The molecule has 1 aliphatic heterocycles. The number of nitrogens with one attached hydrogen (secondary N) is 1. The number of pyridine rings is 2. The molecule has 3 aliphatic rings. The van der Waals surface area contributed by atoms with E-state index in [2.05, 4.69) is 37.6 Å². The third kappa shape index (κ3) is 2.45. The Morgan fingerprint density at radius 2 is 2.15 bits per heavy atom. The van der Waals surface area contributed by atoms with Crippen LogP contribution < -0.4 is 11.1 Å². The van der Waals surface area contributed by atoms with Crippen molar-refractivity contribution in [3.05, 3.63) is 48.5 Å². The average molecular weight is 455 g/mol. The lowest BCUT2D eigenvalue weighted by molar-refractivity contribution is 0.133. The van der Waals surface area contributed by atoms with Crippen LogP contribution in [0, 0.1) is 5.92 Å². The van der Waals surface area contributed by atoms with E-state index in [-0.39, 0.29) is 0 Å².